The van der Waals surface area contributed by atoms with E-state index in [1.54, 1.807) is 6.92 Å². The van der Waals surface area contributed by atoms with Crippen molar-refractivity contribution in [3.8, 4) is 5.75 Å². The number of fused-ring (bicyclic) bond motifs is 2. The quantitative estimate of drug-likeness (QED) is 0.312. The molecule has 0 aromatic heterocycles. The van der Waals surface area contributed by atoms with Crippen molar-refractivity contribution in [2.75, 3.05) is 0 Å². The maximum absolute atomic E-state index is 12.4. The molecule has 0 aliphatic rings. The Hall–Kier alpha value is -3.97. The highest BCUT2D eigenvalue weighted by molar-refractivity contribution is 7.80. The molecule has 0 saturated heterocycles. The largest absolute Gasteiger partial charge is 0.481 e. The monoisotopic (exact) mass is 457 g/mol. The molecular formula is C26H23N3O3S. The summed E-state index contributed by atoms with van der Waals surface area (Å²) in [6, 6.07) is 27.2. The Kier molecular flexibility index (Phi) is 6.80. The highest BCUT2D eigenvalue weighted by Crippen LogP contribution is 2.21. The number of hydrogen-bond donors (Lipinski definition) is 3. The van der Waals surface area contributed by atoms with Gasteiger partial charge in [-0.15, -0.1) is 0 Å². The minimum atomic E-state index is -0.771. The fourth-order valence-electron chi connectivity index (χ4n) is 3.54. The number of rotatable bonds is 5. The number of nitrogens with one attached hydrogen (secondary N) is 3. The van der Waals surface area contributed by atoms with Gasteiger partial charge >= 0.3 is 0 Å². The second-order valence-electron chi connectivity index (χ2n) is 7.58. The van der Waals surface area contributed by atoms with E-state index in [0.717, 1.165) is 27.1 Å². The van der Waals surface area contributed by atoms with Crippen LogP contribution in [0.1, 0.15) is 12.5 Å². The molecule has 2 amide bonds. The third-order valence-corrected chi connectivity index (χ3v) is 5.39. The average molecular weight is 458 g/mol. The lowest BCUT2D eigenvalue weighted by Crippen LogP contribution is -2.51. The van der Waals surface area contributed by atoms with Gasteiger partial charge in [-0.05, 0) is 58.4 Å². The van der Waals surface area contributed by atoms with Gasteiger partial charge in [-0.25, -0.2) is 0 Å². The van der Waals surface area contributed by atoms with Crippen LogP contribution in [0.5, 0.6) is 5.75 Å². The predicted octanol–water partition coefficient (Wildman–Crippen LogP) is 4.02. The van der Waals surface area contributed by atoms with E-state index in [9.17, 15) is 9.59 Å². The van der Waals surface area contributed by atoms with Gasteiger partial charge in [0.1, 0.15) is 5.75 Å². The van der Waals surface area contributed by atoms with Gasteiger partial charge in [0.15, 0.2) is 11.2 Å². The second kappa shape index (κ2) is 10.1. The van der Waals surface area contributed by atoms with E-state index in [-0.39, 0.29) is 17.4 Å². The SMILES string of the molecule is CC(Oc1ccc2ccccc2c1)C(=O)NNC(=S)NC(=O)Cc1cccc2ccccc12. The molecule has 0 aliphatic heterocycles. The first-order valence-electron chi connectivity index (χ1n) is 10.5. The third-order valence-electron chi connectivity index (χ3n) is 5.19. The Morgan fingerprint density at radius 3 is 2.36 bits per heavy atom. The Labute approximate surface area is 196 Å². The van der Waals surface area contributed by atoms with Gasteiger partial charge in [0.25, 0.3) is 5.91 Å². The summed E-state index contributed by atoms with van der Waals surface area (Å²) in [7, 11) is 0. The first kappa shape index (κ1) is 22.2. The van der Waals surface area contributed by atoms with Crippen LogP contribution >= 0.6 is 12.2 Å². The van der Waals surface area contributed by atoms with Crippen molar-refractivity contribution in [1.82, 2.24) is 16.2 Å². The zero-order chi connectivity index (χ0) is 23.2. The molecule has 0 bridgehead atoms. The number of thiocarbonyl (C=S) groups is 1. The Morgan fingerprint density at radius 2 is 1.55 bits per heavy atom. The fraction of sp³-hybridized carbons (Fsp3) is 0.115. The van der Waals surface area contributed by atoms with Crippen LogP contribution in [0.25, 0.3) is 21.5 Å². The molecule has 0 heterocycles. The molecular weight excluding hydrogens is 434 g/mol. The molecule has 0 saturated carbocycles. The molecule has 0 fully saturated rings. The summed E-state index contributed by atoms with van der Waals surface area (Å²) < 4.78 is 5.73. The normalized spacial score (nSPS) is 11.5. The average Bonchev–Trinajstić information content (AvgIpc) is 2.82. The van der Waals surface area contributed by atoms with E-state index in [2.05, 4.69) is 16.2 Å². The molecule has 0 spiro atoms. The maximum Gasteiger partial charge on any atom is 0.279 e. The van der Waals surface area contributed by atoms with Gasteiger partial charge in [0, 0.05) is 0 Å². The summed E-state index contributed by atoms with van der Waals surface area (Å²) in [5.41, 5.74) is 5.92. The summed E-state index contributed by atoms with van der Waals surface area (Å²) in [6.07, 6.45) is -0.605. The van der Waals surface area contributed by atoms with E-state index < -0.39 is 12.0 Å². The Morgan fingerprint density at radius 1 is 0.848 bits per heavy atom. The molecule has 0 radical (unpaired) electrons. The molecule has 33 heavy (non-hydrogen) atoms. The Balaban J connectivity index is 1.26. The van der Waals surface area contributed by atoms with Crippen molar-refractivity contribution >= 4 is 50.7 Å². The maximum atomic E-state index is 12.4. The van der Waals surface area contributed by atoms with Crippen LogP contribution in [0.4, 0.5) is 0 Å². The van der Waals surface area contributed by atoms with Gasteiger partial charge in [0.05, 0.1) is 6.42 Å². The zero-order valence-corrected chi connectivity index (χ0v) is 18.8. The van der Waals surface area contributed by atoms with E-state index in [1.807, 2.05) is 84.9 Å². The lowest BCUT2D eigenvalue weighted by Gasteiger charge is -2.16. The van der Waals surface area contributed by atoms with Crippen LogP contribution in [0.3, 0.4) is 0 Å². The summed E-state index contributed by atoms with van der Waals surface area (Å²) in [5.74, 6) is -0.116. The van der Waals surface area contributed by atoms with E-state index in [1.165, 1.54) is 0 Å². The highest BCUT2D eigenvalue weighted by atomic mass is 32.1. The van der Waals surface area contributed by atoms with Crippen molar-refractivity contribution in [1.29, 1.82) is 0 Å². The molecule has 3 N–H and O–H groups in total. The van der Waals surface area contributed by atoms with Gasteiger partial charge in [-0.1, -0.05) is 72.8 Å². The molecule has 4 aromatic rings. The smallest absolute Gasteiger partial charge is 0.279 e. The van der Waals surface area contributed by atoms with Crippen molar-refractivity contribution in [3.05, 3.63) is 90.5 Å². The summed E-state index contributed by atoms with van der Waals surface area (Å²) in [5, 5.41) is 6.79. The third kappa shape index (κ3) is 5.64. The molecule has 0 aliphatic carbocycles. The second-order valence-corrected chi connectivity index (χ2v) is 7.98. The van der Waals surface area contributed by atoms with Crippen LogP contribution in [-0.4, -0.2) is 23.0 Å². The number of carbonyl (C=O) groups excluding carboxylic acids is 2. The van der Waals surface area contributed by atoms with Crippen LogP contribution in [0.2, 0.25) is 0 Å². The number of ether oxygens (including phenoxy) is 1. The molecule has 7 heteroatoms. The van der Waals surface area contributed by atoms with Gasteiger partial charge in [0.2, 0.25) is 5.91 Å². The molecule has 166 valence electrons. The fourth-order valence-corrected chi connectivity index (χ4v) is 3.70. The molecule has 1 unspecified atom stereocenters. The van der Waals surface area contributed by atoms with Crippen molar-refractivity contribution in [3.63, 3.8) is 0 Å². The van der Waals surface area contributed by atoms with Crippen molar-refractivity contribution in [2.45, 2.75) is 19.4 Å². The number of hydrogen-bond acceptors (Lipinski definition) is 4. The first-order valence-corrected chi connectivity index (χ1v) is 10.9. The van der Waals surface area contributed by atoms with Crippen molar-refractivity contribution < 1.29 is 14.3 Å². The van der Waals surface area contributed by atoms with E-state index in [0.29, 0.717) is 5.75 Å². The van der Waals surface area contributed by atoms with E-state index in [4.69, 9.17) is 17.0 Å². The highest BCUT2D eigenvalue weighted by Gasteiger charge is 2.16. The van der Waals surface area contributed by atoms with Crippen LogP contribution in [0, 0.1) is 0 Å². The lowest BCUT2D eigenvalue weighted by atomic mass is 10.0. The number of hydrazine groups is 1. The first-order chi connectivity index (χ1) is 16.0. The molecule has 4 aromatic carbocycles. The zero-order valence-electron chi connectivity index (χ0n) is 18.0. The summed E-state index contributed by atoms with van der Waals surface area (Å²) in [4.78, 5) is 24.8. The summed E-state index contributed by atoms with van der Waals surface area (Å²) >= 11 is 5.13. The minimum absolute atomic E-state index is 0.00601. The van der Waals surface area contributed by atoms with Crippen molar-refractivity contribution in [2.24, 2.45) is 0 Å². The number of amides is 2. The van der Waals surface area contributed by atoms with E-state index >= 15 is 0 Å². The molecule has 4 rings (SSSR count). The summed E-state index contributed by atoms with van der Waals surface area (Å²) in [6.45, 7) is 1.63. The van der Waals surface area contributed by atoms with Crippen LogP contribution in [0.15, 0.2) is 84.9 Å². The molecule has 6 nitrogen and oxygen atoms in total. The number of benzene rings is 4. The standard InChI is InChI=1S/C26H23N3O3S/c1-17(32-22-14-13-18-7-2-3-9-20(18)15-22)25(31)28-29-26(33)27-24(30)16-21-11-6-10-19-8-4-5-12-23(19)21/h2-15,17H,16H2,1H3,(H,28,31)(H2,27,29,30,33). The van der Waals surface area contributed by atoms with Gasteiger partial charge < -0.3 is 10.1 Å². The van der Waals surface area contributed by atoms with Crippen LogP contribution < -0.4 is 20.9 Å². The van der Waals surface area contributed by atoms with Gasteiger partial charge in [-0.3, -0.25) is 20.4 Å². The Bertz CT molecular complexity index is 1330. The predicted molar refractivity (Wildman–Crippen MR) is 134 cm³/mol. The topological polar surface area (TPSA) is 79.5 Å². The van der Waals surface area contributed by atoms with Gasteiger partial charge in [-0.2, -0.15) is 0 Å². The number of carbonyl (C=O) groups is 2. The minimum Gasteiger partial charge on any atom is -0.481 e. The van der Waals surface area contributed by atoms with Crippen LogP contribution in [-0.2, 0) is 16.0 Å². The molecule has 1 atom stereocenters. The lowest BCUT2D eigenvalue weighted by molar-refractivity contribution is -0.128.